The molecule has 0 spiro atoms. The van der Waals surface area contributed by atoms with Crippen molar-refractivity contribution in [1.29, 1.82) is 0 Å². The molecule has 0 aromatic heterocycles. The number of benzene rings is 2. The molecule has 0 aliphatic carbocycles. The third kappa shape index (κ3) is 3.99. The van der Waals surface area contributed by atoms with Crippen LogP contribution in [0.5, 0.6) is 11.5 Å². The van der Waals surface area contributed by atoms with Crippen molar-refractivity contribution in [2.75, 3.05) is 36.5 Å². The number of ether oxygens (including phenoxy) is 2. The summed E-state index contributed by atoms with van der Waals surface area (Å²) in [4.78, 5) is 25.8. The Kier molecular flexibility index (Phi) is 5.25. The Morgan fingerprint density at radius 3 is 2.71 bits per heavy atom. The summed E-state index contributed by atoms with van der Waals surface area (Å²) < 4.78 is 11.3. The highest BCUT2D eigenvalue weighted by Gasteiger charge is 2.21. The first-order chi connectivity index (χ1) is 13.6. The Labute approximate surface area is 167 Å². The van der Waals surface area contributed by atoms with Gasteiger partial charge < -0.3 is 20.1 Å². The van der Waals surface area contributed by atoms with Gasteiger partial charge in [-0.15, -0.1) is 0 Å². The summed E-state index contributed by atoms with van der Waals surface area (Å²) in [7, 11) is 0. The third-order valence-electron chi connectivity index (χ3n) is 4.55. The van der Waals surface area contributed by atoms with E-state index in [1.807, 2.05) is 12.1 Å². The van der Waals surface area contributed by atoms with Crippen LogP contribution in [0.4, 0.5) is 16.2 Å². The first-order valence-corrected chi connectivity index (χ1v) is 9.51. The number of carbonyl (C=O) groups excluding carboxylic acids is 2. The summed E-state index contributed by atoms with van der Waals surface area (Å²) in [6, 6.07) is 10.6. The molecule has 7 nitrogen and oxygen atoms in total. The monoisotopic (exact) mass is 401 g/mol. The fourth-order valence-corrected chi connectivity index (χ4v) is 3.51. The van der Waals surface area contributed by atoms with E-state index < -0.39 is 0 Å². The van der Waals surface area contributed by atoms with Crippen molar-refractivity contribution in [2.45, 2.75) is 12.8 Å². The van der Waals surface area contributed by atoms with Crippen molar-refractivity contribution in [3.05, 3.63) is 47.0 Å². The molecule has 0 saturated carbocycles. The van der Waals surface area contributed by atoms with Crippen molar-refractivity contribution < 1.29 is 19.1 Å². The highest BCUT2D eigenvalue weighted by atomic mass is 35.5. The van der Waals surface area contributed by atoms with Gasteiger partial charge in [0.05, 0.1) is 24.7 Å². The summed E-state index contributed by atoms with van der Waals surface area (Å²) >= 11 is 6.28. The van der Waals surface area contributed by atoms with E-state index in [-0.39, 0.29) is 18.4 Å². The molecule has 1 fully saturated rings. The number of fused-ring (bicyclic) bond motifs is 1. The lowest BCUT2D eigenvalue weighted by Crippen LogP contribution is -2.27. The molecule has 2 aliphatic rings. The molecule has 1 saturated heterocycles. The molecule has 2 heterocycles. The van der Waals surface area contributed by atoms with Gasteiger partial charge in [-0.05, 0) is 42.0 Å². The smallest absolute Gasteiger partial charge is 0.321 e. The SMILES string of the molecule is O=C(Cc1cc(Cl)c2c(c1)OCCCO2)Nc1ccc(N2CCNC2=O)cc1. The van der Waals surface area contributed by atoms with Gasteiger partial charge in [0.1, 0.15) is 0 Å². The molecule has 146 valence electrons. The highest BCUT2D eigenvalue weighted by molar-refractivity contribution is 6.32. The minimum atomic E-state index is -0.169. The van der Waals surface area contributed by atoms with Crippen LogP contribution in [0.1, 0.15) is 12.0 Å². The first-order valence-electron chi connectivity index (χ1n) is 9.13. The Morgan fingerprint density at radius 2 is 1.96 bits per heavy atom. The van der Waals surface area contributed by atoms with Crippen LogP contribution in [0, 0.1) is 0 Å². The van der Waals surface area contributed by atoms with Gasteiger partial charge in [0.25, 0.3) is 0 Å². The van der Waals surface area contributed by atoms with Crippen LogP contribution in [-0.2, 0) is 11.2 Å². The third-order valence-corrected chi connectivity index (χ3v) is 4.83. The number of hydrogen-bond acceptors (Lipinski definition) is 4. The molecular weight excluding hydrogens is 382 g/mol. The fraction of sp³-hybridized carbons (Fsp3) is 0.300. The molecule has 3 amide bonds. The molecule has 0 unspecified atom stereocenters. The highest BCUT2D eigenvalue weighted by Crippen LogP contribution is 2.38. The predicted molar refractivity (Wildman–Crippen MR) is 107 cm³/mol. The van der Waals surface area contributed by atoms with Crippen molar-refractivity contribution >= 4 is 34.9 Å². The largest absolute Gasteiger partial charge is 0.489 e. The number of anilines is 2. The Morgan fingerprint density at radius 1 is 1.18 bits per heavy atom. The summed E-state index contributed by atoms with van der Waals surface area (Å²) in [6.45, 7) is 2.38. The zero-order valence-electron chi connectivity index (χ0n) is 15.2. The minimum Gasteiger partial charge on any atom is -0.489 e. The van der Waals surface area contributed by atoms with E-state index in [1.54, 1.807) is 29.2 Å². The second-order valence-corrected chi connectivity index (χ2v) is 7.02. The van der Waals surface area contributed by atoms with E-state index >= 15 is 0 Å². The quantitative estimate of drug-likeness (QED) is 0.824. The van der Waals surface area contributed by atoms with Crippen LogP contribution in [0.15, 0.2) is 36.4 Å². The van der Waals surface area contributed by atoms with Gasteiger partial charge in [-0.3, -0.25) is 9.69 Å². The fourth-order valence-electron chi connectivity index (χ4n) is 3.22. The number of hydrogen-bond donors (Lipinski definition) is 2. The second kappa shape index (κ2) is 7.98. The summed E-state index contributed by atoms with van der Waals surface area (Å²) in [5.41, 5.74) is 2.20. The molecule has 2 N–H and O–H groups in total. The Bertz CT molecular complexity index is 901. The van der Waals surface area contributed by atoms with Gasteiger partial charge in [0.15, 0.2) is 11.5 Å². The van der Waals surface area contributed by atoms with E-state index in [0.29, 0.717) is 48.5 Å². The normalized spacial score (nSPS) is 15.8. The van der Waals surface area contributed by atoms with Crippen LogP contribution in [-0.4, -0.2) is 38.2 Å². The number of urea groups is 1. The minimum absolute atomic E-state index is 0.108. The molecule has 4 rings (SSSR count). The van der Waals surface area contributed by atoms with Gasteiger partial charge in [0.2, 0.25) is 5.91 Å². The maximum Gasteiger partial charge on any atom is 0.321 e. The summed E-state index contributed by atoms with van der Waals surface area (Å²) in [6.07, 6.45) is 0.947. The standard InChI is InChI=1S/C20H20ClN3O4/c21-16-10-13(11-17-19(16)28-9-1-8-27-17)12-18(25)23-14-2-4-15(5-3-14)24-7-6-22-20(24)26/h2-5,10-11H,1,6-9,12H2,(H,22,26)(H,23,25). The molecular formula is C20H20ClN3O4. The predicted octanol–water partition coefficient (Wildman–Crippen LogP) is 3.21. The zero-order valence-corrected chi connectivity index (χ0v) is 15.9. The number of carbonyl (C=O) groups is 2. The molecule has 28 heavy (non-hydrogen) atoms. The van der Waals surface area contributed by atoms with Gasteiger partial charge >= 0.3 is 6.03 Å². The van der Waals surface area contributed by atoms with Crippen molar-refractivity contribution in [3.8, 4) is 11.5 Å². The van der Waals surface area contributed by atoms with Gasteiger partial charge in [-0.1, -0.05) is 11.6 Å². The van der Waals surface area contributed by atoms with Crippen LogP contribution in [0.25, 0.3) is 0 Å². The van der Waals surface area contributed by atoms with Gasteiger partial charge in [-0.25, -0.2) is 4.79 Å². The average Bonchev–Trinajstić information content (AvgIpc) is 2.95. The molecule has 0 radical (unpaired) electrons. The molecule has 0 bridgehead atoms. The van der Waals surface area contributed by atoms with Crippen LogP contribution >= 0.6 is 11.6 Å². The van der Waals surface area contributed by atoms with Crippen LogP contribution in [0.3, 0.4) is 0 Å². The van der Waals surface area contributed by atoms with E-state index in [4.69, 9.17) is 21.1 Å². The van der Waals surface area contributed by atoms with E-state index in [0.717, 1.165) is 17.7 Å². The van der Waals surface area contributed by atoms with Crippen molar-refractivity contribution in [3.63, 3.8) is 0 Å². The first kappa shape index (κ1) is 18.4. The number of nitrogens with zero attached hydrogens (tertiary/aromatic N) is 1. The van der Waals surface area contributed by atoms with E-state index in [9.17, 15) is 9.59 Å². The average molecular weight is 402 g/mol. The maximum atomic E-state index is 12.4. The summed E-state index contributed by atoms with van der Waals surface area (Å²) in [5.74, 6) is 0.933. The maximum absolute atomic E-state index is 12.4. The van der Waals surface area contributed by atoms with Gasteiger partial charge in [0, 0.05) is 30.9 Å². The second-order valence-electron chi connectivity index (χ2n) is 6.61. The number of halogens is 1. The number of nitrogens with one attached hydrogen (secondary N) is 2. The lowest BCUT2D eigenvalue weighted by Gasteiger charge is -2.15. The number of rotatable bonds is 4. The molecule has 0 atom stereocenters. The van der Waals surface area contributed by atoms with E-state index in [1.165, 1.54) is 0 Å². The van der Waals surface area contributed by atoms with Crippen LogP contribution in [0.2, 0.25) is 5.02 Å². The van der Waals surface area contributed by atoms with Crippen LogP contribution < -0.4 is 25.0 Å². The van der Waals surface area contributed by atoms with Crippen molar-refractivity contribution in [1.82, 2.24) is 5.32 Å². The zero-order chi connectivity index (χ0) is 19.5. The molecule has 8 heteroatoms. The Hall–Kier alpha value is -2.93. The topological polar surface area (TPSA) is 79.9 Å². The summed E-state index contributed by atoms with van der Waals surface area (Å²) in [5, 5.41) is 6.06. The number of amides is 3. The van der Waals surface area contributed by atoms with Gasteiger partial charge in [-0.2, -0.15) is 0 Å². The lowest BCUT2D eigenvalue weighted by molar-refractivity contribution is -0.115. The van der Waals surface area contributed by atoms with E-state index in [2.05, 4.69) is 10.6 Å². The molecule has 2 aromatic carbocycles. The lowest BCUT2D eigenvalue weighted by atomic mass is 10.1. The van der Waals surface area contributed by atoms with Crippen molar-refractivity contribution in [2.24, 2.45) is 0 Å². The molecule has 2 aromatic rings. The molecule has 2 aliphatic heterocycles. The Balaban J connectivity index is 1.41.